The third-order valence-corrected chi connectivity index (χ3v) is 7.96. The van der Waals surface area contributed by atoms with Crippen LogP contribution in [0.25, 0.3) is 0 Å². The summed E-state index contributed by atoms with van der Waals surface area (Å²) in [5.41, 5.74) is 1.12. The lowest BCUT2D eigenvalue weighted by Gasteiger charge is -2.32. The first-order valence-electron chi connectivity index (χ1n) is 12.2. The fraction of sp³-hybridized carbons (Fsp3) is 0.286. The summed E-state index contributed by atoms with van der Waals surface area (Å²) >= 11 is 6.02. The molecular weight excluding hydrogens is 510 g/mol. The van der Waals surface area contributed by atoms with Crippen molar-refractivity contribution in [3.05, 3.63) is 95.5 Å². The van der Waals surface area contributed by atoms with Crippen molar-refractivity contribution in [2.45, 2.75) is 44.2 Å². The molecule has 3 aromatic carbocycles. The number of unbranched alkanes of at least 4 members (excludes halogenated alkanes) is 1. The SMILES string of the molecule is CCCCNC(=O)C(C)N(Cc1ccc(Cl)cc1)C(=O)CN(c1ccccc1)S(=O)(=O)c1ccccc1. The minimum atomic E-state index is -4.06. The number of nitrogens with one attached hydrogen (secondary N) is 1. The number of hydrogen-bond acceptors (Lipinski definition) is 4. The van der Waals surface area contributed by atoms with E-state index >= 15 is 0 Å². The second-order valence-electron chi connectivity index (χ2n) is 8.63. The Hall–Kier alpha value is -3.36. The van der Waals surface area contributed by atoms with Crippen molar-refractivity contribution in [3.63, 3.8) is 0 Å². The first-order chi connectivity index (χ1) is 17.7. The average Bonchev–Trinajstić information content (AvgIpc) is 2.91. The Labute approximate surface area is 224 Å². The van der Waals surface area contributed by atoms with Crippen LogP contribution in [0.2, 0.25) is 5.02 Å². The van der Waals surface area contributed by atoms with Gasteiger partial charge in [-0.1, -0.05) is 73.5 Å². The number of anilines is 1. The summed E-state index contributed by atoms with van der Waals surface area (Å²) in [6.07, 6.45) is 1.74. The van der Waals surface area contributed by atoms with Gasteiger partial charge in [0.05, 0.1) is 10.6 Å². The molecular formula is C28H32ClN3O4S. The normalized spacial score (nSPS) is 12.0. The fourth-order valence-electron chi connectivity index (χ4n) is 3.75. The van der Waals surface area contributed by atoms with E-state index in [0.717, 1.165) is 22.7 Å². The molecule has 1 unspecified atom stereocenters. The lowest BCUT2D eigenvalue weighted by Crippen LogP contribution is -2.51. The number of hydrogen-bond donors (Lipinski definition) is 1. The second-order valence-corrected chi connectivity index (χ2v) is 10.9. The molecule has 1 N–H and O–H groups in total. The molecule has 3 rings (SSSR count). The lowest BCUT2D eigenvalue weighted by molar-refractivity contribution is -0.139. The zero-order chi connectivity index (χ0) is 26.8. The van der Waals surface area contributed by atoms with Crippen molar-refractivity contribution in [2.75, 3.05) is 17.4 Å². The van der Waals surface area contributed by atoms with Crippen molar-refractivity contribution in [3.8, 4) is 0 Å². The Morgan fingerprint density at radius 2 is 1.51 bits per heavy atom. The van der Waals surface area contributed by atoms with Crippen molar-refractivity contribution < 1.29 is 18.0 Å². The highest BCUT2D eigenvalue weighted by atomic mass is 35.5. The van der Waals surface area contributed by atoms with Crippen molar-refractivity contribution in [1.29, 1.82) is 0 Å². The molecule has 0 aliphatic carbocycles. The van der Waals surface area contributed by atoms with Crippen LogP contribution in [0.1, 0.15) is 32.3 Å². The second kappa shape index (κ2) is 13.3. The predicted molar refractivity (Wildman–Crippen MR) is 147 cm³/mol. The van der Waals surface area contributed by atoms with Gasteiger partial charge in [-0.05, 0) is 55.3 Å². The van der Waals surface area contributed by atoms with Gasteiger partial charge in [-0.2, -0.15) is 0 Å². The van der Waals surface area contributed by atoms with Gasteiger partial charge in [0.25, 0.3) is 10.0 Å². The fourth-order valence-corrected chi connectivity index (χ4v) is 5.31. The van der Waals surface area contributed by atoms with Crippen LogP contribution in [0.5, 0.6) is 0 Å². The molecule has 0 radical (unpaired) electrons. The monoisotopic (exact) mass is 541 g/mol. The highest BCUT2D eigenvalue weighted by molar-refractivity contribution is 7.92. The van der Waals surface area contributed by atoms with Gasteiger partial charge in [-0.3, -0.25) is 13.9 Å². The van der Waals surface area contributed by atoms with Gasteiger partial charge in [-0.15, -0.1) is 0 Å². The van der Waals surface area contributed by atoms with Gasteiger partial charge in [0.2, 0.25) is 11.8 Å². The van der Waals surface area contributed by atoms with Crippen LogP contribution in [-0.2, 0) is 26.2 Å². The van der Waals surface area contributed by atoms with E-state index in [1.807, 2.05) is 6.92 Å². The average molecular weight is 542 g/mol. The number of benzene rings is 3. The van der Waals surface area contributed by atoms with E-state index in [-0.39, 0.29) is 17.3 Å². The Bertz CT molecular complexity index is 1270. The first-order valence-corrected chi connectivity index (χ1v) is 14.0. The molecule has 0 heterocycles. The molecule has 7 nitrogen and oxygen atoms in total. The highest BCUT2D eigenvalue weighted by Crippen LogP contribution is 2.24. The minimum Gasteiger partial charge on any atom is -0.354 e. The maximum Gasteiger partial charge on any atom is 0.264 e. The van der Waals surface area contributed by atoms with Crippen LogP contribution in [0.3, 0.4) is 0 Å². The van der Waals surface area contributed by atoms with Crippen molar-refractivity contribution in [1.82, 2.24) is 10.2 Å². The summed E-state index contributed by atoms with van der Waals surface area (Å²) in [4.78, 5) is 28.2. The molecule has 0 aliphatic rings. The molecule has 3 aromatic rings. The molecule has 0 saturated heterocycles. The number of amides is 2. The number of para-hydroxylation sites is 1. The van der Waals surface area contributed by atoms with E-state index in [1.165, 1.54) is 17.0 Å². The molecule has 0 fully saturated rings. The summed E-state index contributed by atoms with van der Waals surface area (Å²) in [7, 11) is -4.06. The maximum atomic E-state index is 13.8. The molecule has 1 atom stereocenters. The van der Waals surface area contributed by atoms with Gasteiger partial charge in [0.15, 0.2) is 0 Å². The number of nitrogens with zero attached hydrogens (tertiary/aromatic N) is 2. The van der Waals surface area contributed by atoms with E-state index in [0.29, 0.717) is 17.3 Å². The van der Waals surface area contributed by atoms with Crippen LogP contribution < -0.4 is 9.62 Å². The molecule has 0 spiro atoms. The van der Waals surface area contributed by atoms with Crippen molar-refractivity contribution in [2.24, 2.45) is 0 Å². The Morgan fingerprint density at radius 3 is 2.11 bits per heavy atom. The standard InChI is InChI=1S/C28H32ClN3O4S/c1-3-4-19-30-28(34)22(2)31(20-23-15-17-24(29)18-16-23)27(33)21-32(25-11-7-5-8-12-25)37(35,36)26-13-9-6-10-14-26/h5-18,22H,3-4,19-21H2,1-2H3,(H,30,34). The third kappa shape index (κ3) is 7.57. The number of sulfonamides is 1. The largest absolute Gasteiger partial charge is 0.354 e. The zero-order valence-electron chi connectivity index (χ0n) is 21.0. The molecule has 0 aromatic heterocycles. The van der Waals surface area contributed by atoms with E-state index in [2.05, 4.69) is 5.32 Å². The zero-order valence-corrected chi connectivity index (χ0v) is 22.6. The van der Waals surface area contributed by atoms with Crippen LogP contribution in [0.15, 0.2) is 89.8 Å². The Balaban J connectivity index is 1.95. The predicted octanol–water partition coefficient (Wildman–Crippen LogP) is 4.87. The molecule has 37 heavy (non-hydrogen) atoms. The topological polar surface area (TPSA) is 86.8 Å². The van der Waals surface area contributed by atoms with Gasteiger partial charge < -0.3 is 10.2 Å². The lowest BCUT2D eigenvalue weighted by atomic mass is 10.1. The highest BCUT2D eigenvalue weighted by Gasteiger charge is 2.32. The van der Waals surface area contributed by atoms with Crippen molar-refractivity contribution >= 4 is 39.1 Å². The molecule has 0 bridgehead atoms. The minimum absolute atomic E-state index is 0.0706. The maximum absolute atomic E-state index is 13.8. The summed E-state index contributed by atoms with van der Waals surface area (Å²) in [5, 5.41) is 3.42. The van der Waals surface area contributed by atoms with Crippen LogP contribution in [0.4, 0.5) is 5.69 Å². The summed E-state index contributed by atoms with van der Waals surface area (Å²) in [6, 6.07) is 22.6. The number of halogens is 1. The Morgan fingerprint density at radius 1 is 0.919 bits per heavy atom. The molecule has 0 saturated carbocycles. The molecule has 9 heteroatoms. The first kappa shape index (κ1) is 28.2. The van der Waals surface area contributed by atoms with Gasteiger partial charge >= 0.3 is 0 Å². The van der Waals surface area contributed by atoms with E-state index < -0.39 is 28.5 Å². The van der Waals surface area contributed by atoms with E-state index in [4.69, 9.17) is 11.6 Å². The quantitative estimate of drug-likeness (QED) is 0.331. The van der Waals surface area contributed by atoms with Gasteiger partial charge in [-0.25, -0.2) is 8.42 Å². The summed E-state index contributed by atoms with van der Waals surface area (Å²) < 4.78 is 28.3. The van der Waals surface area contributed by atoms with E-state index in [1.54, 1.807) is 79.7 Å². The molecule has 196 valence electrons. The van der Waals surface area contributed by atoms with Gasteiger partial charge in [0, 0.05) is 18.1 Å². The summed E-state index contributed by atoms with van der Waals surface area (Å²) in [6.45, 7) is 3.82. The van der Waals surface area contributed by atoms with Gasteiger partial charge in [0.1, 0.15) is 12.6 Å². The van der Waals surface area contributed by atoms with Crippen LogP contribution >= 0.6 is 11.6 Å². The van der Waals surface area contributed by atoms with Crippen LogP contribution in [0, 0.1) is 0 Å². The third-order valence-electron chi connectivity index (χ3n) is 5.92. The van der Waals surface area contributed by atoms with E-state index in [9.17, 15) is 18.0 Å². The molecule has 2 amide bonds. The van der Waals surface area contributed by atoms with Crippen LogP contribution in [-0.4, -0.2) is 44.3 Å². The number of carbonyl (C=O) groups excluding carboxylic acids is 2. The summed E-state index contributed by atoms with van der Waals surface area (Å²) in [5.74, 6) is -0.801. The Kier molecular flexibility index (Phi) is 10.1. The smallest absolute Gasteiger partial charge is 0.264 e. The molecule has 0 aliphatic heterocycles. The number of carbonyl (C=O) groups is 2. The number of rotatable bonds is 12.